The average Bonchev–Trinajstić information content (AvgIpc) is 2.40. The zero-order valence-corrected chi connectivity index (χ0v) is 11.4. The molecule has 0 amide bonds. The van der Waals surface area contributed by atoms with Crippen LogP contribution in [0.4, 0.5) is 19.0 Å². The zero-order valence-electron chi connectivity index (χ0n) is 11.4. The lowest BCUT2D eigenvalue weighted by Crippen LogP contribution is -2.42. The first-order valence-corrected chi connectivity index (χ1v) is 6.58. The summed E-state index contributed by atoms with van der Waals surface area (Å²) in [7, 11) is 0. The number of anilines is 1. The van der Waals surface area contributed by atoms with Crippen molar-refractivity contribution in [2.24, 2.45) is 5.92 Å². The Labute approximate surface area is 116 Å². The molecule has 1 aromatic heterocycles. The normalized spacial score (nSPS) is 23.5. The molecule has 1 fully saturated rings. The molecule has 0 saturated carbocycles. The second kappa shape index (κ2) is 5.31. The van der Waals surface area contributed by atoms with Crippen LogP contribution in [0.3, 0.4) is 0 Å². The Kier molecular flexibility index (Phi) is 3.89. The number of pyridine rings is 1. The van der Waals surface area contributed by atoms with Crippen LogP contribution < -0.4 is 4.90 Å². The van der Waals surface area contributed by atoms with Crippen LogP contribution in [0.15, 0.2) is 12.1 Å². The van der Waals surface area contributed by atoms with Crippen LogP contribution in [0.25, 0.3) is 0 Å². The lowest BCUT2D eigenvalue weighted by Gasteiger charge is -2.38. The molecule has 2 unspecified atom stereocenters. The summed E-state index contributed by atoms with van der Waals surface area (Å²) in [5.41, 5.74) is -0.754. The molecule has 0 radical (unpaired) electrons. The van der Waals surface area contributed by atoms with Crippen LogP contribution in [0.1, 0.15) is 37.9 Å². The molecule has 0 spiro atoms. The van der Waals surface area contributed by atoms with Crippen LogP contribution in [-0.2, 0) is 6.18 Å². The zero-order chi connectivity index (χ0) is 14.9. The van der Waals surface area contributed by atoms with Gasteiger partial charge in [0.1, 0.15) is 17.6 Å². The fraction of sp³-hybridized carbons (Fsp3) is 0.571. The van der Waals surface area contributed by atoms with E-state index in [2.05, 4.69) is 11.9 Å². The smallest absolute Gasteiger partial charge is 0.353 e. The van der Waals surface area contributed by atoms with Gasteiger partial charge < -0.3 is 4.90 Å². The van der Waals surface area contributed by atoms with Crippen molar-refractivity contribution in [2.75, 3.05) is 11.4 Å². The highest BCUT2D eigenvalue weighted by Gasteiger charge is 2.34. The van der Waals surface area contributed by atoms with Gasteiger partial charge in [0.2, 0.25) is 0 Å². The van der Waals surface area contributed by atoms with Crippen molar-refractivity contribution in [3.63, 3.8) is 0 Å². The van der Waals surface area contributed by atoms with E-state index in [-0.39, 0.29) is 17.4 Å². The third-order valence-electron chi connectivity index (χ3n) is 3.68. The fourth-order valence-corrected chi connectivity index (χ4v) is 2.50. The van der Waals surface area contributed by atoms with E-state index >= 15 is 0 Å². The number of aromatic nitrogens is 1. The van der Waals surface area contributed by atoms with Gasteiger partial charge >= 0.3 is 6.18 Å². The summed E-state index contributed by atoms with van der Waals surface area (Å²) in [4.78, 5) is 5.52. The first kappa shape index (κ1) is 14.6. The van der Waals surface area contributed by atoms with Crippen LogP contribution in [0.2, 0.25) is 0 Å². The van der Waals surface area contributed by atoms with Crippen molar-refractivity contribution < 1.29 is 13.2 Å². The van der Waals surface area contributed by atoms with Gasteiger partial charge in [0.15, 0.2) is 0 Å². The third-order valence-corrected chi connectivity index (χ3v) is 3.68. The largest absolute Gasteiger partial charge is 0.433 e. The van der Waals surface area contributed by atoms with Crippen LogP contribution in [-0.4, -0.2) is 17.6 Å². The molecule has 1 aliphatic rings. The second-order valence-corrected chi connectivity index (χ2v) is 5.36. The average molecular weight is 283 g/mol. The molecule has 0 bridgehead atoms. The summed E-state index contributed by atoms with van der Waals surface area (Å²) in [5.74, 6) is 0.537. The fourth-order valence-electron chi connectivity index (χ4n) is 2.50. The Bertz CT molecular complexity index is 533. The molecule has 20 heavy (non-hydrogen) atoms. The van der Waals surface area contributed by atoms with E-state index < -0.39 is 11.9 Å². The molecule has 2 atom stereocenters. The highest BCUT2D eigenvalue weighted by molar-refractivity contribution is 5.55. The Morgan fingerprint density at radius 2 is 2.00 bits per heavy atom. The molecular weight excluding hydrogens is 267 g/mol. The number of rotatable bonds is 1. The molecule has 1 aromatic rings. The Hall–Kier alpha value is -1.77. The summed E-state index contributed by atoms with van der Waals surface area (Å²) in [6.07, 6.45) is -2.56. The molecule has 6 heteroatoms. The minimum absolute atomic E-state index is 0.0919. The summed E-state index contributed by atoms with van der Waals surface area (Å²) in [6, 6.07) is 4.09. The molecule has 108 valence electrons. The molecular formula is C14H16F3N3. The van der Waals surface area contributed by atoms with Crippen molar-refractivity contribution in [3.05, 3.63) is 23.4 Å². The third kappa shape index (κ3) is 2.87. The van der Waals surface area contributed by atoms with Gasteiger partial charge in [0, 0.05) is 12.6 Å². The van der Waals surface area contributed by atoms with Crippen molar-refractivity contribution in [1.82, 2.24) is 4.98 Å². The van der Waals surface area contributed by atoms with E-state index in [0.717, 1.165) is 18.9 Å². The van der Waals surface area contributed by atoms with Gasteiger partial charge in [-0.15, -0.1) is 0 Å². The monoisotopic (exact) mass is 283 g/mol. The number of halogens is 3. The van der Waals surface area contributed by atoms with Crippen molar-refractivity contribution in [3.8, 4) is 6.07 Å². The highest BCUT2D eigenvalue weighted by Crippen LogP contribution is 2.33. The summed E-state index contributed by atoms with van der Waals surface area (Å²) < 4.78 is 38.3. The molecule has 0 aliphatic carbocycles. The minimum Gasteiger partial charge on any atom is -0.353 e. The van der Waals surface area contributed by atoms with E-state index in [1.54, 1.807) is 0 Å². The van der Waals surface area contributed by atoms with Crippen molar-refractivity contribution in [1.29, 1.82) is 5.26 Å². The first-order chi connectivity index (χ1) is 9.32. The number of alkyl halides is 3. The Morgan fingerprint density at radius 3 is 2.60 bits per heavy atom. The van der Waals surface area contributed by atoms with Gasteiger partial charge in [-0.05, 0) is 37.8 Å². The Balaban J connectivity index is 2.45. The predicted molar refractivity (Wildman–Crippen MR) is 69.2 cm³/mol. The Morgan fingerprint density at radius 1 is 1.30 bits per heavy atom. The first-order valence-electron chi connectivity index (χ1n) is 6.58. The summed E-state index contributed by atoms with van der Waals surface area (Å²) in [6.45, 7) is 4.64. The summed E-state index contributed by atoms with van der Waals surface area (Å²) >= 11 is 0. The van der Waals surface area contributed by atoms with Gasteiger partial charge in [-0.2, -0.15) is 18.4 Å². The standard InChI is InChI=1S/C14H16F3N3/c1-9-3-4-10(2)20(8-9)13-11(7-18)5-6-12(19-13)14(15,16)17/h5-6,9-10H,3-4,8H2,1-2H3. The van der Waals surface area contributed by atoms with Gasteiger partial charge in [-0.25, -0.2) is 4.98 Å². The summed E-state index contributed by atoms with van der Waals surface area (Å²) in [5, 5.41) is 9.10. The number of hydrogen-bond acceptors (Lipinski definition) is 3. The molecule has 2 heterocycles. The highest BCUT2D eigenvalue weighted by atomic mass is 19.4. The van der Waals surface area contributed by atoms with E-state index in [1.165, 1.54) is 6.07 Å². The molecule has 3 nitrogen and oxygen atoms in total. The van der Waals surface area contributed by atoms with Crippen LogP contribution in [0, 0.1) is 17.2 Å². The maximum absolute atomic E-state index is 12.8. The maximum Gasteiger partial charge on any atom is 0.433 e. The van der Waals surface area contributed by atoms with Gasteiger partial charge in [-0.1, -0.05) is 6.92 Å². The predicted octanol–water partition coefficient (Wildman–Crippen LogP) is 3.60. The maximum atomic E-state index is 12.8. The van der Waals surface area contributed by atoms with Gasteiger partial charge in [0.05, 0.1) is 5.56 Å². The number of piperidine rings is 1. The quantitative estimate of drug-likeness (QED) is 0.790. The van der Waals surface area contributed by atoms with E-state index in [0.29, 0.717) is 12.5 Å². The molecule has 0 N–H and O–H groups in total. The SMILES string of the molecule is CC1CCC(C)N(c2nc(C(F)(F)F)ccc2C#N)C1. The lowest BCUT2D eigenvalue weighted by molar-refractivity contribution is -0.141. The lowest BCUT2D eigenvalue weighted by atomic mass is 9.94. The van der Waals surface area contributed by atoms with Crippen molar-refractivity contribution in [2.45, 2.75) is 38.9 Å². The number of nitriles is 1. The molecule has 1 saturated heterocycles. The van der Waals surface area contributed by atoms with Gasteiger partial charge in [-0.3, -0.25) is 0 Å². The second-order valence-electron chi connectivity index (χ2n) is 5.36. The topological polar surface area (TPSA) is 39.9 Å². The molecule has 0 aromatic carbocycles. The van der Waals surface area contributed by atoms with E-state index in [1.807, 2.05) is 17.9 Å². The van der Waals surface area contributed by atoms with Crippen LogP contribution in [0.5, 0.6) is 0 Å². The van der Waals surface area contributed by atoms with E-state index in [9.17, 15) is 13.2 Å². The minimum atomic E-state index is -4.49. The van der Waals surface area contributed by atoms with Gasteiger partial charge in [0.25, 0.3) is 0 Å². The molecule has 1 aliphatic heterocycles. The molecule has 2 rings (SSSR count). The number of hydrogen-bond donors (Lipinski definition) is 0. The number of nitrogens with zero attached hydrogens (tertiary/aromatic N) is 3. The van der Waals surface area contributed by atoms with Crippen molar-refractivity contribution >= 4 is 5.82 Å². The van der Waals surface area contributed by atoms with Crippen LogP contribution >= 0.6 is 0 Å². The van der Waals surface area contributed by atoms with E-state index in [4.69, 9.17) is 5.26 Å².